The van der Waals surface area contributed by atoms with Gasteiger partial charge in [-0.2, -0.15) is 0 Å². The van der Waals surface area contributed by atoms with Gasteiger partial charge in [0, 0.05) is 18.7 Å². The first-order chi connectivity index (χ1) is 13.7. The molecule has 0 N–H and O–H groups in total. The van der Waals surface area contributed by atoms with E-state index in [1.807, 2.05) is 18.2 Å². The van der Waals surface area contributed by atoms with Gasteiger partial charge in [-0.3, -0.25) is 4.99 Å². The molecule has 0 saturated carbocycles. The van der Waals surface area contributed by atoms with Crippen molar-refractivity contribution in [2.45, 2.75) is 19.3 Å². The second-order valence-corrected chi connectivity index (χ2v) is 6.95. The van der Waals surface area contributed by atoms with E-state index in [2.05, 4.69) is 17.1 Å². The normalized spacial score (nSPS) is 13.6. The SMILES string of the molecule is COc1cc2cc(CC3=NCCC3)c3cc(OC)c(OC)cc3c2cc1OC. The van der Waals surface area contributed by atoms with Gasteiger partial charge in [0.25, 0.3) is 0 Å². The molecule has 0 amide bonds. The third-order valence-electron chi connectivity index (χ3n) is 5.40. The van der Waals surface area contributed by atoms with E-state index in [1.165, 1.54) is 11.3 Å². The Morgan fingerprint density at radius 2 is 1.29 bits per heavy atom. The molecule has 0 aromatic heterocycles. The zero-order valence-corrected chi connectivity index (χ0v) is 16.8. The smallest absolute Gasteiger partial charge is 0.161 e. The minimum Gasteiger partial charge on any atom is -0.493 e. The van der Waals surface area contributed by atoms with Crippen LogP contribution in [0.5, 0.6) is 23.0 Å². The largest absolute Gasteiger partial charge is 0.493 e. The molecular weight excluding hydrogens is 354 g/mol. The monoisotopic (exact) mass is 379 g/mol. The third-order valence-corrected chi connectivity index (χ3v) is 5.40. The standard InChI is InChI=1S/C23H25NO4/c1-25-20-10-15-8-14(9-16-6-5-7-24-16)17-11-22(27-3)23(28-4)13-19(17)18(15)12-21(20)26-2/h8,10-13H,5-7,9H2,1-4H3. The van der Waals surface area contributed by atoms with Gasteiger partial charge in [0.15, 0.2) is 23.0 Å². The molecule has 1 aliphatic heterocycles. The van der Waals surface area contributed by atoms with Crippen LogP contribution in [0.2, 0.25) is 0 Å². The van der Waals surface area contributed by atoms with Crippen LogP contribution in [0.4, 0.5) is 0 Å². The van der Waals surface area contributed by atoms with Crippen LogP contribution in [0.3, 0.4) is 0 Å². The van der Waals surface area contributed by atoms with Gasteiger partial charge in [-0.15, -0.1) is 0 Å². The van der Waals surface area contributed by atoms with Crippen molar-refractivity contribution >= 4 is 27.3 Å². The van der Waals surface area contributed by atoms with Crippen molar-refractivity contribution in [3.8, 4) is 23.0 Å². The quantitative estimate of drug-likeness (QED) is 0.577. The Hall–Kier alpha value is -2.95. The van der Waals surface area contributed by atoms with Gasteiger partial charge in [-0.25, -0.2) is 0 Å². The van der Waals surface area contributed by atoms with Gasteiger partial charge in [-0.05, 0) is 70.3 Å². The molecule has 3 aromatic rings. The van der Waals surface area contributed by atoms with Gasteiger partial charge in [0.2, 0.25) is 0 Å². The van der Waals surface area contributed by atoms with Crippen molar-refractivity contribution in [2.24, 2.45) is 4.99 Å². The molecule has 5 nitrogen and oxygen atoms in total. The Kier molecular flexibility index (Phi) is 4.99. The Morgan fingerprint density at radius 3 is 1.86 bits per heavy atom. The lowest BCUT2D eigenvalue weighted by Crippen LogP contribution is -2.01. The highest BCUT2D eigenvalue weighted by Crippen LogP contribution is 2.41. The van der Waals surface area contributed by atoms with E-state index in [1.54, 1.807) is 28.4 Å². The van der Waals surface area contributed by atoms with Gasteiger partial charge in [0.1, 0.15) is 0 Å². The van der Waals surface area contributed by atoms with Crippen LogP contribution in [-0.4, -0.2) is 40.7 Å². The molecule has 0 bridgehead atoms. The number of fused-ring (bicyclic) bond motifs is 3. The number of hydrogen-bond acceptors (Lipinski definition) is 5. The summed E-state index contributed by atoms with van der Waals surface area (Å²) in [6.45, 7) is 0.934. The summed E-state index contributed by atoms with van der Waals surface area (Å²) in [6, 6.07) is 10.4. The van der Waals surface area contributed by atoms with Crippen LogP contribution in [0, 0.1) is 0 Å². The molecule has 0 radical (unpaired) electrons. The van der Waals surface area contributed by atoms with E-state index in [0.717, 1.165) is 58.9 Å². The van der Waals surface area contributed by atoms with Crippen molar-refractivity contribution in [3.63, 3.8) is 0 Å². The van der Waals surface area contributed by atoms with Crippen LogP contribution in [-0.2, 0) is 6.42 Å². The highest BCUT2D eigenvalue weighted by molar-refractivity contribution is 6.12. The predicted octanol–water partition coefficient (Wildman–Crippen LogP) is 4.80. The van der Waals surface area contributed by atoms with Gasteiger partial charge in [0.05, 0.1) is 28.4 Å². The second kappa shape index (κ2) is 7.58. The molecule has 4 rings (SSSR count). The maximum Gasteiger partial charge on any atom is 0.161 e. The Morgan fingerprint density at radius 1 is 0.714 bits per heavy atom. The molecule has 0 saturated heterocycles. The predicted molar refractivity (Wildman–Crippen MR) is 113 cm³/mol. The zero-order valence-electron chi connectivity index (χ0n) is 16.8. The molecule has 28 heavy (non-hydrogen) atoms. The Labute approximate surface area is 164 Å². The average Bonchev–Trinajstić information content (AvgIpc) is 3.24. The average molecular weight is 379 g/mol. The molecule has 3 aromatic carbocycles. The Bertz CT molecular complexity index is 1070. The van der Waals surface area contributed by atoms with Crippen LogP contribution in [0.15, 0.2) is 35.3 Å². The molecule has 1 heterocycles. The van der Waals surface area contributed by atoms with Crippen molar-refractivity contribution in [1.29, 1.82) is 0 Å². The third kappa shape index (κ3) is 3.11. The van der Waals surface area contributed by atoms with E-state index in [9.17, 15) is 0 Å². The molecule has 1 aliphatic rings. The number of benzene rings is 3. The van der Waals surface area contributed by atoms with Crippen molar-refractivity contribution in [3.05, 3.63) is 35.9 Å². The van der Waals surface area contributed by atoms with Crippen LogP contribution < -0.4 is 18.9 Å². The highest BCUT2D eigenvalue weighted by Gasteiger charge is 2.17. The van der Waals surface area contributed by atoms with Crippen molar-refractivity contribution in [2.75, 3.05) is 35.0 Å². The molecule has 146 valence electrons. The summed E-state index contributed by atoms with van der Waals surface area (Å²) in [6.07, 6.45) is 3.05. The summed E-state index contributed by atoms with van der Waals surface area (Å²) in [7, 11) is 6.64. The second-order valence-electron chi connectivity index (χ2n) is 6.95. The maximum atomic E-state index is 5.56. The number of rotatable bonds is 6. The fourth-order valence-electron chi connectivity index (χ4n) is 3.99. The van der Waals surface area contributed by atoms with Crippen LogP contribution >= 0.6 is 0 Å². The maximum absolute atomic E-state index is 5.56. The lowest BCUT2D eigenvalue weighted by atomic mass is 9.93. The summed E-state index contributed by atoms with van der Waals surface area (Å²) < 4.78 is 22.2. The lowest BCUT2D eigenvalue weighted by molar-refractivity contribution is 0.355. The van der Waals surface area contributed by atoms with E-state index < -0.39 is 0 Å². The summed E-state index contributed by atoms with van der Waals surface area (Å²) in [5, 5.41) is 4.44. The topological polar surface area (TPSA) is 49.3 Å². The number of methoxy groups -OCH3 is 4. The Balaban J connectivity index is 2.04. The van der Waals surface area contributed by atoms with Crippen molar-refractivity contribution < 1.29 is 18.9 Å². The van der Waals surface area contributed by atoms with Crippen LogP contribution in [0.1, 0.15) is 18.4 Å². The van der Waals surface area contributed by atoms with E-state index in [-0.39, 0.29) is 0 Å². The van der Waals surface area contributed by atoms with E-state index in [0.29, 0.717) is 11.5 Å². The molecule has 0 aliphatic carbocycles. The van der Waals surface area contributed by atoms with Gasteiger partial charge in [-0.1, -0.05) is 0 Å². The minimum absolute atomic E-state index is 0.707. The lowest BCUT2D eigenvalue weighted by Gasteiger charge is -2.16. The first-order valence-corrected chi connectivity index (χ1v) is 9.44. The molecule has 0 unspecified atom stereocenters. The van der Waals surface area contributed by atoms with Crippen LogP contribution in [0.25, 0.3) is 21.5 Å². The van der Waals surface area contributed by atoms with Crippen molar-refractivity contribution in [1.82, 2.24) is 0 Å². The highest BCUT2D eigenvalue weighted by atomic mass is 16.5. The molecule has 5 heteroatoms. The number of nitrogens with zero attached hydrogens (tertiary/aromatic N) is 1. The molecule has 0 atom stereocenters. The number of ether oxygens (including phenoxy) is 4. The number of aliphatic imine (C=N–C) groups is 1. The molecule has 0 fully saturated rings. The van der Waals surface area contributed by atoms with E-state index in [4.69, 9.17) is 18.9 Å². The summed E-state index contributed by atoms with van der Waals surface area (Å²) in [5.41, 5.74) is 2.49. The summed E-state index contributed by atoms with van der Waals surface area (Å²) >= 11 is 0. The van der Waals surface area contributed by atoms with E-state index >= 15 is 0 Å². The molecule has 0 spiro atoms. The fraction of sp³-hybridized carbons (Fsp3) is 0.348. The summed E-state index contributed by atoms with van der Waals surface area (Å²) in [4.78, 5) is 4.67. The van der Waals surface area contributed by atoms with Gasteiger partial charge >= 0.3 is 0 Å². The number of hydrogen-bond donors (Lipinski definition) is 0. The minimum atomic E-state index is 0.707. The fourth-order valence-corrected chi connectivity index (χ4v) is 3.99. The first-order valence-electron chi connectivity index (χ1n) is 9.44. The molecular formula is C23H25NO4. The summed E-state index contributed by atoms with van der Waals surface area (Å²) in [5.74, 6) is 2.86. The zero-order chi connectivity index (χ0) is 19.7. The van der Waals surface area contributed by atoms with Gasteiger partial charge < -0.3 is 18.9 Å². The first kappa shape index (κ1) is 18.4.